The fourth-order valence-electron chi connectivity index (χ4n) is 2.26. The monoisotopic (exact) mass is 393 g/mol. The predicted molar refractivity (Wildman–Crippen MR) is 104 cm³/mol. The average molecular weight is 393 g/mol. The molecule has 1 aromatic carbocycles. The van der Waals surface area contributed by atoms with Crippen LogP contribution in [0.2, 0.25) is 0 Å². The molecular formula is C19H23NO6S. The van der Waals surface area contributed by atoms with E-state index in [-0.39, 0.29) is 0 Å². The van der Waals surface area contributed by atoms with Gasteiger partial charge in [0.05, 0.1) is 18.6 Å². The fraction of sp³-hybridized carbons (Fsp3) is 0.316. The lowest BCUT2D eigenvalue weighted by atomic mass is 10.1. The van der Waals surface area contributed by atoms with Crippen LogP contribution in [0, 0.1) is 6.92 Å². The molecule has 0 aliphatic carbocycles. The zero-order valence-electron chi connectivity index (χ0n) is 15.5. The Balaban J connectivity index is 2.16. The maximum atomic E-state index is 12.1. The molecule has 0 amide bonds. The van der Waals surface area contributed by atoms with Gasteiger partial charge >= 0.3 is 10.1 Å². The maximum absolute atomic E-state index is 12.1. The molecule has 2 aromatic rings. The van der Waals surface area contributed by atoms with Crippen molar-refractivity contribution in [1.82, 2.24) is 4.73 Å². The van der Waals surface area contributed by atoms with E-state index in [0.29, 0.717) is 31.1 Å². The molecule has 0 saturated heterocycles. The number of aryl methyl sites for hydroxylation is 1. The van der Waals surface area contributed by atoms with Crippen LogP contribution in [0.25, 0.3) is 12.2 Å². The van der Waals surface area contributed by atoms with Crippen LogP contribution in [0.5, 0.6) is 5.75 Å². The third kappa shape index (κ3) is 6.92. The summed E-state index contributed by atoms with van der Waals surface area (Å²) >= 11 is 0. The number of rotatable bonds is 9. The van der Waals surface area contributed by atoms with Gasteiger partial charge in [-0.05, 0) is 49.2 Å². The number of hydrogen-bond acceptors (Lipinski definition) is 6. The lowest BCUT2D eigenvalue weighted by Crippen LogP contribution is -2.31. The highest BCUT2D eigenvalue weighted by atomic mass is 32.2. The normalized spacial score (nSPS) is 11.7. The molecule has 0 aliphatic heterocycles. The topological polar surface area (TPSA) is 83.8 Å². The second kappa shape index (κ2) is 9.38. The van der Waals surface area contributed by atoms with Gasteiger partial charge < -0.3 is 9.47 Å². The molecule has 146 valence electrons. The van der Waals surface area contributed by atoms with Gasteiger partial charge in [-0.15, -0.1) is 4.73 Å². The van der Waals surface area contributed by atoms with Crippen LogP contribution in [-0.2, 0) is 14.9 Å². The van der Waals surface area contributed by atoms with Crippen molar-refractivity contribution in [3.05, 3.63) is 63.6 Å². The number of ether oxygens (including phenoxy) is 2. The molecule has 27 heavy (non-hydrogen) atoms. The zero-order valence-corrected chi connectivity index (χ0v) is 16.4. The summed E-state index contributed by atoms with van der Waals surface area (Å²) in [7, 11) is -3.83. The van der Waals surface area contributed by atoms with Gasteiger partial charge in [0.25, 0.3) is 5.56 Å². The Hall–Kier alpha value is -2.58. The summed E-state index contributed by atoms with van der Waals surface area (Å²) in [6.07, 6.45) is 4.25. The Morgan fingerprint density at radius 1 is 1.07 bits per heavy atom. The summed E-state index contributed by atoms with van der Waals surface area (Å²) in [4.78, 5) is 12.1. The summed E-state index contributed by atoms with van der Waals surface area (Å²) in [6, 6.07) is 10.3. The molecule has 0 N–H and O–H groups in total. The first-order valence-corrected chi connectivity index (χ1v) is 10.2. The SMILES string of the molecule is CCOCCOc1ccc(C=Cc2cc(C)cc(=O)n2OS(C)(=O)=O)cc1. The van der Waals surface area contributed by atoms with Crippen molar-refractivity contribution in [1.29, 1.82) is 0 Å². The molecule has 2 rings (SSSR count). The van der Waals surface area contributed by atoms with E-state index in [1.165, 1.54) is 6.07 Å². The third-order valence-electron chi connectivity index (χ3n) is 3.40. The standard InChI is InChI=1S/C19H23NO6S/c1-4-24-11-12-25-18-9-6-16(7-10-18)5-8-17-13-15(2)14-19(21)20(17)26-27(3,22)23/h5-10,13-14H,4,11-12H2,1-3H3. The smallest absolute Gasteiger partial charge is 0.324 e. The molecule has 0 atom stereocenters. The molecule has 0 saturated carbocycles. The molecule has 0 unspecified atom stereocenters. The van der Waals surface area contributed by atoms with E-state index in [9.17, 15) is 13.2 Å². The first-order valence-electron chi connectivity index (χ1n) is 8.41. The Kier molecular flexibility index (Phi) is 7.20. The summed E-state index contributed by atoms with van der Waals surface area (Å²) < 4.78 is 39.1. The van der Waals surface area contributed by atoms with E-state index < -0.39 is 15.7 Å². The molecule has 1 aromatic heterocycles. The lowest BCUT2D eigenvalue weighted by Gasteiger charge is -2.10. The molecule has 0 fully saturated rings. The van der Waals surface area contributed by atoms with E-state index in [4.69, 9.17) is 13.8 Å². The van der Waals surface area contributed by atoms with E-state index >= 15 is 0 Å². The maximum Gasteiger partial charge on any atom is 0.324 e. The van der Waals surface area contributed by atoms with E-state index in [1.807, 2.05) is 31.2 Å². The quantitative estimate of drug-likeness (QED) is 0.607. The van der Waals surface area contributed by atoms with Gasteiger partial charge in [-0.3, -0.25) is 9.08 Å². The Labute approximate surface area is 158 Å². The first kappa shape index (κ1) is 20.7. The molecule has 0 radical (unpaired) electrons. The molecular weight excluding hydrogens is 370 g/mol. The van der Waals surface area contributed by atoms with E-state index in [1.54, 1.807) is 25.1 Å². The van der Waals surface area contributed by atoms with Gasteiger partial charge in [-0.1, -0.05) is 18.2 Å². The van der Waals surface area contributed by atoms with Gasteiger partial charge in [0.2, 0.25) is 0 Å². The number of aromatic nitrogens is 1. The van der Waals surface area contributed by atoms with Crippen molar-refractivity contribution >= 4 is 22.3 Å². The minimum absolute atomic E-state index is 0.322. The van der Waals surface area contributed by atoms with Crippen LogP contribution in [0.15, 0.2) is 41.2 Å². The molecule has 7 nitrogen and oxygen atoms in total. The summed E-state index contributed by atoms with van der Waals surface area (Å²) in [5.41, 5.74) is 1.32. The van der Waals surface area contributed by atoms with Crippen LogP contribution in [0.1, 0.15) is 23.7 Å². The minimum atomic E-state index is -3.83. The second-order valence-electron chi connectivity index (χ2n) is 5.82. The summed E-state index contributed by atoms with van der Waals surface area (Å²) in [6.45, 7) is 5.33. The number of nitrogens with zero attached hydrogens (tertiary/aromatic N) is 1. The molecule has 0 bridgehead atoms. The predicted octanol–water partition coefficient (Wildman–Crippen LogP) is 2.13. The van der Waals surface area contributed by atoms with Crippen molar-refractivity contribution in [3.8, 4) is 5.75 Å². The minimum Gasteiger partial charge on any atom is -0.491 e. The Morgan fingerprint density at radius 3 is 2.41 bits per heavy atom. The first-order chi connectivity index (χ1) is 12.8. The molecule has 0 spiro atoms. The Morgan fingerprint density at radius 2 is 1.78 bits per heavy atom. The summed E-state index contributed by atoms with van der Waals surface area (Å²) in [5, 5.41) is 0. The lowest BCUT2D eigenvalue weighted by molar-refractivity contribution is 0.110. The van der Waals surface area contributed by atoms with Crippen molar-refractivity contribution in [3.63, 3.8) is 0 Å². The fourth-order valence-corrected chi connectivity index (χ4v) is 2.70. The molecule has 0 aliphatic rings. The number of hydrogen-bond donors (Lipinski definition) is 0. The van der Waals surface area contributed by atoms with Gasteiger partial charge in [0.1, 0.15) is 12.4 Å². The zero-order chi connectivity index (χ0) is 19.9. The third-order valence-corrected chi connectivity index (χ3v) is 3.82. The van der Waals surface area contributed by atoms with Gasteiger partial charge in [-0.25, -0.2) is 0 Å². The van der Waals surface area contributed by atoms with Gasteiger partial charge in [0, 0.05) is 12.7 Å². The van der Waals surface area contributed by atoms with Crippen molar-refractivity contribution in [2.24, 2.45) is 0 Å². The van der Waals surface area contributed by atoms with Gasteiger partial charge in [0.15, 0.2) is 0 Å². The average Bonchev–Trinajstić information content (AvgIpc) is 2.59. The van der Waals surface area contributed by atoms with E-state index in [0.717, 1.165) is 22.3 Å². The van der Waals surface area contributed by atoms with Crippen molar-refractivity contribution in [2.75, 3.05) is 26.1 Å². The van der Waals surface area contributed by atoms with Crippen LogP contribution in [0.3, 0.4) is 0 Å². The van der Waals surface area contributed by atoms with E-state index in [2.05, 4.69) is 0 Å². The highest BCUT2D eigenvalue weighted by Gasteiger charge is 2.10. The van der Waals surface area contributed by atoms with Crippen LogP contribution >= 0.6 is 0 Å². The van der Waals surface area contributed by atoms with Crippen molar-refractivity contribution in [2.45, 2.75) is 13.8 Å². The van der Waals surface area contributed by atoms with Crippen LogP contribution in [0.4, 0.5) is 0 Å². The molecule has 8 heteroatoms. The highest BCUT2D eigenvalue weighted by Crippen LogP contribution is 2.14. The van der Waals surface area contributed by atoms with Crippen LogP contribution < -0.4 is 14.6 Å². The summed E-state index contributed by atoms with van der Waals surface area (Å²) in [5.74, 6) is 0.722. The Bertz CT molecular complexity index is 945. The number of benzene rings is 1. The van der Waals surface area contributed by atoms with Gasteiger partial charge in [-0.2, -0.15) is 8.42 Å². The second-order valence-corrected chi connectivity index (χ2v) is 7.37. The molecule has 1 heterocycles. The number of pyridine rings is 1. The van der Waals surface area contributed by atoms with Crippen molar-refractivity contribution < 1.29 is 22.2 Å². The van der Waals surface area contributed by atoms with Crippen LogP contribution in [-0.4, -0.2) is 39.2 Å². The largest absolute Gasteiger partial charge is 0.491 e. The highest BCUT2D eigenvalue weighted by molar-refractivity contribution is 7.86.